The van der Waals surface area contributed by atoms with E-state index in [1.807, 2.05) is 31.2 Å². The first-order valence-corrected chi connectivity index (χ1v) is 10.4. The molecule has 2 aromatic carbocycles. The monoisotopic (exact) mass is 390 g/mol. The van der Waals surface area contributed by atoms with Crippen molar-refractivity contribution in [1.82, 2.24) is 4.98 Å². The number of carbonyl (C=O) groups is 1. The van der Waals surface area contributed by atoms with Crippen LogP contribution in [-0.4, -0.2) is 25.6 Å². The second-order valence-corrected chi connectivity index (χ2v) is 8.59. The van der Waals surface area contributed by atoms with Gasteiger partial charge < -0.3 is 0 Å². The number of anilines is 1. The third-order valence-electron chi connectivity index (χ3n) is 3.76. The first-order chi connectivity index (χ1) is 12.3. The molecule has 0 spiro atoms. The average Bonchev–Trinajstić information content (AvgIpc) is 3.02. The third kappa shape index (κ3) is 3.81. The van der Waals surface area contributed by atoms with E-state index < -0.39 is 21.6 Å². The zero-order valence-corrected chi connectivity index (χ0v) is 15.6. The summed E-state index contributed by atoms with van der Waals surface area (Å²) >= 11 is 1.21. The van der Waals surface area contributed by atoms with E-state index in [2.05, 4.69) is 10.3 Å². The topological polar surface area (TPSA) is 76.1 Å². The Kier molecular flexibility index (Phi) is 4.88. The van der Waals surface area contributed by atoms with Gasteiger partial charge in [0.15, 0.2) is 15.0 Å². The molecule has 0 aliphatic heterocycles. The lowest BCUT2D eigenvalue weighted by Gasteiger charge is -2.06. The summed E-state index contributed by atoms with van der Waals surface area (Å²) in [5, 5.41) is 4.62. The zero-order chi connectivity index (χ0) is 18.9. The molecule has 1 N–H and O–H groups in total. The maximum absolute atomic E-state index is 14.0. The first-order valence-electron chi connectivity index (χ1n) is 7.58. The Morgan fingerprint density at radius 2 is 1.92 bits per heavy atom. The fourth-order valence-electron chi connectivity index (χ4n) is 2.39. The quantitative estimate of drug-likeness (QED) is 0.685. The minimum Gasteiger partial charge on any atom is -0.298 e. The highest BCUT2D eigenvalue weighted by Gasteiger charge is 2.18. The molecule has 0 fully saturated rings. The van der Waals surface area contributed by atoms with E-state index in [-0.39, 0.29) is 10.5 Å². The smallest absolute Gasteiger partial charge is 0.260 e. The number of rotatable bonds is 4. The number of aromatic nitrogens is 1. The Morgan fingerprint density at radius 3 is 2.62 bits per heavy atom. The van der Waals surface area contributed by atoms with Crippen molar-refractivity contribution in [3.63, 3.8) is 0 Å². The van der Waals surface area contributed by atoms with E-state index in [0.717, 1.165) is 35.6 Å². The zero-order valence-electron chi connectivity index (χ0n) is 14.0. The van der Waals surface area contributed by atoms with E-state index >= 15 is 0 Å². The van der Waals surface area contributed by atoms with Crippen LogP contribution in [-0.2, 0) is 9.84 Å². The summed E-state index contributed by atoms with van der Waals surface area (Å²) in [5.74, 6) is -1.55. The fourth-order valence-corrected chi connectivity index (χ4v) is 3.74. The van der Waals surface area contributed by atoms with Crippen LogP contribution < -0.4 is 5.32 Å². The second-order valence-electron chi connectivity index (χ2n) is 5.72. The maximum atomic E-state index is 14.0. The van der Waals surface area contributed by atoms with E-state index in [1.54, 1.807) is 5.38 Å². The number of hydrogen-bond donors (Lipinski definition) is 1. The number of nitrogens with one attached hydrogen (secondary N) is 1. The van der Waals surface area contributed by atoms with Crippen molar-refractivity contribution in [1.29, 1.82) is 0 Å². The molecule has 0 unspecified atom stereocenters. The molecule has 3 aromatic rings. The molecular weight excluding hydrogens is 375 g/mol. The Labute approximate surface area is 154 Å². The molecule has 5 nitrogen and oxygen atoms in total. The van der Waals surface area contributed by atoms with Gasteiger partial charge in [0, 0.05) is 17.2 Å². The van der Waals surface area contributed by atoms with Crippen LogP contribution in [0.3, 0.4) is 0 Å². The number of hydrogen-bond acceptors (Lipinski definition) is 5. The van der Waals surface area contributed by atoms with Crippen molar-refractivity contribution < 1.29 is 17.6 Å². The van der Waals surface area contributed by atoms with Gasteiger partial charge in [-0.3, -0.25) is 10.1 Å². The van der Waals surface area contributed by atoms with Crippen LogP contribution in [0.5, 0.6) is 0 Å². The van der Waals surface area contributed by atoms with Crippen molar-refractivity contribution in [3.05, 3.63) is 64.8 Å². The van der Waals surface area contributed by atoms with Crippen molar-refractivity contribution >= 4 is 32.2 Å². The van der Waals surface area contributed by atoms with Crippen molar-refractivity contribution in [2.75, 3.05) is 11.6 Å². The molecule has 0 bridgehead atoms. The normalized spacial score (nSPS) is 11.3. The van der Waals surface area contributed by atoms with Gasteiger partial charge in [0.2, 0.25) is 0 Å². The molecule has 0 saturated carbocycles. The Bertz CT molecular complexity index is 1090. The Balaban J connectivity index is 1.87. The van der Waals surface area contributed by atoms with E-state index in [9.17, 15) is 17.6 Å². The van der Waals surface area contributed by atoms with Gasteiger partial charge >= 0.3 is 0 Å². The highest BCUT2D eigenvalue weighted by atomic mass is 32.2. The van der Waals surface area contributed by atoms with Gasteiger partial charge in [0.25, 0.3) is 5.91 Å². The molecule has 1 heterocycles. The van der Waals surface area contributed by atoms with E-state index in [1.165, 1.54) is 11.3 Å². The Morgan fingerprint density at radius 1 is 1.19 bits per heavy atom. The summed E-state index contributed by atoms with van der Waals surface area (Å²) in [6, 6.07) is 10.8. The molecule has 0 aliphatic carbocycles. The van der Waals surface area contributed by atoms with E-state index in [4.69, 9.17) is 0 Å². The van der Waals surface area contributed by atoms with Crippen molar-refractivity contribution in [2.45, 2.75) is 11.8 Å². The number of amides is 1. The number of halogens is 1. The van der Waals surface area contributed by atoms with Gasteiger partial charge in [-0.1, -0.05) is 24.3 Å². The van der Waals surface area contributed by atoms with Crippen LogP contribution in [0.1, 0.15) is 15.9 Å². The lowest BCUT2D eigenvalue weighted by molar-refractivity contribution is 0.102. The maximum Gasteiger partial charge on any atom is 0.260 e. The molecule has 1 amide bonds. The summed E-state index contributed by atoms with van der Waals surface area (Å²) in [5.41, 5.74) is 2.34. The van der Waals surface area contributed by atoms with Crippen LogP contribution in [0.25, 0.3) is 11.3 Å². The molecule has 8 heteroatoms. The minimum atomic E-state index is -3.54. The predicted molar refractivity (Wildman–Crippen MR) is 99.8 cm³/mol. The van der Waals surface area contributed by atoms with Crippen LogP contribution in [0.2, 0.25) is 0 Å². The second kappa shape index (κ2) is 6.97. The van der Waals surface area contributed by atoms with E-state index in [0.29, 0.717) is 10.8 Å². The number of aryl methyl sites for hydroxylation is 1. The summed E-state index contributed by atoms with van der Waals surface area (Å²) in [4.78, 5) is 16.6. The summed E-state index contributed by atoms with van der Waals surface area (Å²) in [6.07, 6.45) is 0.997. The highest BCUT2D eigenvalue weighted by molar-refractivity contribution is 7.90. The summed E-state index contributed by atoms with van der Waals surface area (Å²) < 4.78 is 37.2. The average molecular weight is 390 g/mol. The number of sulfone groups is 1. The van der Waals surface area contributed by atoms with Gasteiger partial charge in [-0.05, 0) is 30.7 Å². The molecule has 1 aromatic heterocycles. The molecule has 0 radical (unpaired) electrons. The lowest BCUT2D eigenvalue weighted by atomic mass is 10.1. The molecule has 134 valence electrons. The third-order valence-corrected chi connectivity index (χ3v) is 5.62. The number of thiazole rings is 1. The molecular formula is C18H15FN2O3S2. The molecule has 0 atom stereocenters. The molecule has 3 rings (SSSR count). The van der Waals surface area contributed by atoms with Crippen molar-refractivity contribution in [3.8, 4) is 11.3 Å². The minimum absolute atomic E-state index is 0.121. The van der Waals surface area contributed by atoms with Crippen molar-refractivity contribution in [2.24, 2.45) is 0 Å². The number of benzene rings is 2. The fraction of sp³-hybridized carbons (Fsp3) is 0.111. The van der Waals surface area contributed by atoms with Crippen LogP contribution in [0.4, 0.5) is 9.52 Å². The van der Waals surface area contributed by atoms with Gasteiger partial charge in [0.1, 0.15) is 5.82 Å². The number of carbonyl (C=O) groups excluding carboxylic acids is 1. The Hall–Kier alpha value is -2.58. The standard InChI is InChI=1S/C18H15FN2O3S2/c1-11-5-3-4-6-13(11)16-10-25-18(20-16)21-17(22)14-9-12(26(2,23)24)7-8-15(14)19/h3-10H,1-2H3,(H,20,21,22). The molecule has 0 aliphatic rings. The van der Waals surface area contributed by atoms with Crippen LogP contribution in [0.15, 0.2) is 52.7 Å². The molecule has 26 heavy (non-hydrogen) atoms. The van der Waals surface area contributed by atoms with Gasteiger partial charge in [0.05, 0.1) is 16.2 Å². The first kappa shape index (κ1) is 18.2. The SMILES string of the molecule is Cc1ccccc1-c1csc(NC(=O)c2cc(S(C)(=O)=O)ccc2F)n1. The van der Waals surface area contributed by atoms with Crippen LogP contribution in [0, 0.1) is 12.7 Å². The summed E-state index contributed by atoms with van der Waals surface area (Å²) in [7, 11) is -3.54. The molecule has 0 saturated heterocycles. The predicted octanol–water partition coefficient (Wildman–Crippen LogP) is 3.91. The van der Waals surface area contributed by atoms with Gasteiger partial charge in [-0.15, -0.1) is 11.3 Å². The van der Waals surface area contributed by atoms with Gasteiger partial charge in [-0.2, -0.15) is 0 Å². The van der Waals surface area contributed by atoms with Crippen LogP contribution >= 0.6 is 11.3 Å². The summed E-state index contributed by atoms with van der Waals surface area (Å²) in [6.45, 7) is 1.96. The highest BCUT2D eigenvalue weighted by Crippen LogP contribution is 2.27. The largest absolute Gasteiger partial charge is 0.298 e. The lowest BCUT2D eigenvalue weighted by Crippen LogP contribution is -2.14. The number of nitrogens with zero attached hydrogens (tertiary/aromatic N) is 1. The van der Waals surface area contributed by atoms with Gasteiger partial charge in [-0.25, -0.2) is 17.8 Å².